The first-order valence-electron chi connectivity index (χ1n) is 7.91. The molecule has 0 saturated heterocycles. The zero-order valence-corrected chi connectivity index (χ0v) is 14.0. The van der Waals surface area contributed by atoms with Gasteiger partial charge in [-0.2, -0.15) is 0 Å². The Morgan fingerprint density at radius 2 is 1.79 bits per heavy atom. The first-order valence-corrected chi connectivity index (χ1v) is 7.91. The van der Waals surface area contributed by atoms with Crippen molar-refractivity contribution in [2.45, 2.75) is 19.4 Å². The van der Waals surface area contributed by atoms with Crippen molar-refractivity contribution in [2.75, 3.05) is 20.7 Å². The maximum absolute atomic E-state index is 11.7. The lowest BCUT2D eigenvalue weighted by atomic mass is 10.1. The second-order valence-electron chi connectivity index (χ2n) is 5.43. The number of hydrogen-bond acceptors (Lipinski definition) is 3. The topological polar surface area (TPSA) is 79.5 Å². The van der Waals surface area contributed by atoms with E-state index in [1.165, 1.54) is 0 Å². The van der Waals surface area contributed by atoms with Crippen LogP contribution in [0, 0.1) is 0 Å². The van der Waals surface area contributed by atoms with Gasteiger partial charge in [-0.15, -0.1) is 0 Å². The molecule has 0 saturated carbocycles. The highest BCUT2D eigenvalue weighted by Gasteiger charge is 2.03. The van der Waals surface area contributed by atoms with Crippen molar-refractivity contribution in [1.82, 2.24) is 16.0 Å². The molecule has 3 N–H and O–H groups in total. The molecule has 2 aromatic carbocycles. The molecule has 0 aromatic heterocycles. The van der Waals surface area contributed by atoms with Gasteiger partial charge in [0.05, 0.1) is 7.11 Å². The Balaban J connectivity index is 1.80. The van der Waals surface area contributed by atoms with Crippen molar-refractivity contribution in [1.29, 1.82) is 0 Å². The monoisotopic (exact) mass is 329 g/mol. The first-order chi connectivity index (χ1) is 11.6. The Kier molecular flexibility index (Phi) is 6.42. The summed E-state index contributed by atoms with van der Waals surface area (Å²) in [7, 11) is 3.24. The van der Waals surface area contributed by atoms with Gasteiger partial charge in [0, 0.05) is 26.6 Å². The highest BCUT2D eigenvalue weighted by molar-refractivity contribution is 5.84. The molecule has 6 nitrogen and oxygen atoms in total. The van der Waals surface area contributed by atoms with E-state index < -0.39 is 0 Å². The molecule has 3 amide bonds. The van der Waals surface area contributed by atoms with Crippen molar-refractivity contribution in [2.24, 2.45) is 0 Å². The average Bonchev–Trinajstić information content (AvgIpc) is 2.62. The molecule has 0 aliphatic rings. The molecule has 2 rings (SSSR count). The van der Waals surface area contributed by atoms with Crippen LogP contribution < -0.4 is 20.7 Å². The van der Waals surface area contributed by atoms with E-state index in [1.54, 1.807) is 14.2 Å². The second-order valence-corrected chi connectivity index (χ2v) is 5.43. The molecule has 0 atom stereocenters. The van der Waals surface area contributed by atoms with Gasteiger partial charge in [0.1, 0.15) is 5.75 Å². The van der Waals surface area contributed by atoms with Crippen LogP contribution in [0.2, 0.25) is 0 Å². The van der Waals surface area contributed by atoms with Gasteiger partial charge in [0.2, 0.25) is 5.91 Å². The number of carbonyl (C=O) groups is 2. The highest BCUT2D eigenvalue weighted by Crippen LogP contribution is 2.21. The summed E-state index contributed by atoms with van der Waals surface area (Å²) in [6.07, 6.45) is 1.02. The summed E-state index contributed by atoms with van der Waals surface area (Å²) in [4.78, 5) is 22.8. The van der Waals surface area contributed by atoms with Gasteiger partial charge in [-0.3, -0.25) is 4.79 Å². The molecule has 24 heavy (non-hydrogen) atoms. The highest BCUT2D eigenvalue weighted by atomic mass is 16.5. The Morgan fingerprint density at radius 3 is 2.54 bits per heavy atom. The van der Waals surface area contributed by atoms with E-state index in [4.69, 9.17) is 4.74 Å². The molecule has 2 aromatic rings. The summed E-state index contributed by atoms with van der Waals surface area (Å²) in [5.41, 5.74) is 1.02. The number of rotatable bonds is 7. The van der Waals surface area contributed by atoms with E-state index in [1.807, 2.05) is 36.4 Å². The summed E-state index contributed by atoms with van der Waals surface area (Å²) in [5.74, 6) is 0.800. The number of ether oxygens (including phenoxy) is 1. The molecule has 0 bridgehead atoms. The molecule has 0 heterocycles. The summed E-state index contributed by atoms with van der Waals surface area (Å²) < 4.78 is 5.21. The van der Waals surface area contributed by atoms with E-state index in [0.29, 0.717) is 25.9 Å². The number of amides is 3. The van der Waals surface area contributed by atoms with Crippen LogP contribution in [-0.2, 0) is 11.3 Å². The molecule has 0 radical (unpaired) electrons. The summed E-state index contributed by atoms with van der Waals surface area (Å²) in [5, 5.41) is 10.3. The van der Waals surface area contributed by atoms with Gasteiger partial charge in [-0.05, 0) is 41.0 Å². The van der Waals surface area contributed by atoms with E-state index in [0.717, 1.165) is 22.1 Å². The minimum absolute atomic E-state index is 0.0231. The Morgan fingerprint density at radius 1 is 1.04 bits per heavy atom. The molecular formula is C18H23N3O3. The van der Waals surface area contributed by atoms with Crippen molar-refractivity contribution in [3.05, 3.63) is 42.0 Å². The zero-order valence-electron chi connectivity index (χ0n) is 14.0. The van der Waals surface area contributed by atoms with Gasteiger partial charge in [0.25, 0.3) is 0 Å². The van der Waals surface area contributed by atoms with Crippen LogP contribution in [0.5, 0.6) is 5.75 Å². The van der Waals surface area contributed by atoms with Gasteiger partial charge in [0.15, 0.2) is 0 Å². The number of fused-ring (bicyclic) bond motifs is 1. The SMILES string of the molecule is CNC(=O)CCCNC(=O)NCc1ccc2cc(OC)ccc2c1. The number of nitrogens with one attached hydrogen (secondary N) is 3. The van der Waals surface area contributed by atoms with Crippen LogP contribution in [-0.4, -0.2) is 32.6 Å². The Hall–Kier alpha value is -2.76. The third-order valence-electron chi connectivity index (χ3n) is 3.71. The van der Waals surface area contributed by atoms with Gasteiger partial charge in [-0.25, -0.2) is 4.79 Å². The predicted octanol–water partition coefficient (Wildman–Crippen LogP) is 2.17. The number of carbonyl (C=O) groups excluding carboxylic acids is 2. The lowest BCUT2D eigenvalue weighted by Crippen LogP contribution is -2.35. The maximum Gasteiger partial charge on any atom is 0.315 e. The van der Waals surface area contributed by atoms with Crippen LogP contribution in [0.4, 0.5) is 4.79 Å². The van der Waals surface area contributed by atoms with Crippen molar-refractivity contribution in [3.8, 4) is 5.75 Å². The van der Waals surface area contributed by atoms with Crippen molar-refractivity contribution in [3.63, 3.8) is 0 Å². The quantitative estimate of drug-likeness (QED) is 0.681. The van der Waals surface area contributed by atoms with Crippen LogP contribution in [0.25, 0.3) is 10.8 Å². The molecule has 128 valence electrons. The first kappa shape index (κ1) is 17.6. The molecule has 0 aliphatic carbocycles. The Labute approximate surface area is 141 Å². The number of methoxy groups -OCH3 is 1. The van der Waals surface area contributed by atoms with Crippen LogP contribution in [0.15, 0.2) is 36.4 Å². The van der Waals surface area contributed by atoms with Crippen molar-refractivity contribution < 1.29 is 14.3 Å². The fraction of sp³-hybridized carbons (Fsp3) is 0.333. The van der Waals surface area contributed by atoms with Crippen molar-refractivity contribution >= 4 is 22.7 Å². The maximum atomic E-state index is 11.7. The number of hydrogen-bond donors (Lipinski definition) is 3. The fourth-order valence-electron chi connectivity index (χ4n) is 2.33. The van der Waals surface area contributed by atoms with E-state index in [-0.39, 0.29) is 11.9 Å². The number of benzene rings is 2. The van der Waals surface area contributed by atoms with E-state index >= 15 is 0 Å². The zero-order chi connectivity index (χ0) is 17.4. The summed E-state index contributed by atoms with van der Waals surface area (Å²) in [6, 6.07) is 11.7. The summed E-state index contributed by atoms with van der Waals surface area (Å²) >= 11 is 0. The lowest BCUT2D eigenvalue weighted by Gasteiger charge is -2.09. The van der Waals surface area contributed by atoms with E-state index in [2.05, 4.69) is 16.0 Å². The molecule has 0 spiro atoms. The predicted molar refractivity (Wildman–Crippen MR) is 94.0 cm³/mol. The normalized spacial score (nSPS) is 10.2. The smallest absolute Gasteiger partial charge is 0.315 e. The fourth-order valence-corrected chi connectivity index (χ4v) is 2.33. The Bertz CT molecular complexity index is 716. The van der Waals surface area contributed by atoms with Gasteiger partial charge in [-0.1, -0.05) is 18.2 Å². The van der Waals surface area contributed by atoms with Gasteiger partial charge >= 0.3 is 6.03 Å². The standard InChI is InChI=1S/C18H23N3O3/c1-19-17(22)4-3-9-20-18(23)21-12-13-5-6-15-11-16(24-2)8-7-14(15)10-13/h5-8,10-11H,3-4,9,12H2,1-2H3,(H,19,22)(H2,20,21,23). The number of urea groups is 1. The third kappa shape index (κ3) is 5.15. The molecule has 0 unspecified atom stereocenters. The molecule has 0 fully saturated rings. The molecule has 0 aliphatic heterocycles. The van der Waals surface area contributed by atoms with Crippen LogP contribution in [0.3, 0.4) is 0 Å². The molecular weight excluding hydrogens is 306 g/mol. The summed E-state index contributed by atoms with van der Waals surface area (Å²) in [6.45, 7) is 0.917. The third-order valence-corrected chi connectivity index (χ3v) is 3.71. The van der Waals surface area contributed by atoms with Crippen LogP contribution >= 0.6 is 0 Å². The van der Waals surface area contributed by atoms with Crippen LogP contribution in [0.1, 0.15) is 18.4 Å². The average molecular weight is 329 g/mol. The largest absolute Gasteiger partial charge is 0.497 e. The lowest BCUT2D eigenvalue weighted by molar-refractivity contribution is -0.120. The minimum atomic E-state index is -0.235. The molecule has 6 heteroatoms. The second kappa shape index (κ2) is 8.76. The van der Waals surface area contributed by atoms with E-state index in [9.17, 15) is 9.59 Å². The minimum Gasteiger partial charge on any atom is -0.497 e. The van der Waals surface area contributed by atoms with Gasteiger partial charge < -0.3 is 20.7 Å².